The van der Waals surface area contributed by atoms with E-state index in [9.17, 15) is 15.0 Å². The standard InChI is InChI=1S/C14H11ClO4/c15-10-7-5-9(6-8-10)14(18)19-12-4-2-1-3-11(12)13(16)17/h1-8,13,16-17H. The number of ether oxygens (including phenoxy) is 1. The maximum absolute atomic E-state index is 11.9. The molecular weight excluding hydrogens is 268 g/mol. The SMILES string of the molecule is O=C(Oc1ccccc1C(O)O)c1ccc(Cl)cc1. The van der Waals surface area contributed by atoms with Crippen LogP contribution in [0, 0.1) is 0 Å². The van der Waals surface area contributed by atoms with E-state index in [0.717, 1.165) is 0 Å². The number of aliphatic hydroxyl groups excluding tert-OH is 1. The quantitative estimate of drug-likeness (QED) is 0.514. The Hall–Kier alpha value is -1.88. The Bertz CT molecular complexity index is 578. The van der Waals surface area contributed by atoms with Gasteiger partial charge in [-0.1, -0.05) is 29.8 Å². The normalized spacial score (nSPS) is 10.5. The average Bonchev–Trinajstić information content (AvgIpc) is 2.39. The van der Waals surface area contributed by atoms with Gasteiger partial charge in [-0.05, 0) is 30.3 Å². The van der Waals surface area contributed by atoms with Crippen molar-refractivity contribution in [2.24, 2.45) is 0 Å². The van der Waals surface area contributed by atoms with Crippen molar-refractivity contribution < 1.29 is 19.7 Å². The van der Waals surface area contributed by atoms with Gasteiger partial charge in [0, 0.05) is 5.02 Å². The highest BCUT2D eigenvalue weighted by Gasteiger charge is 2.14. The largest absolute Gasteiger partial charge is 0.422 e. The summed E-state index contributed by atoms with van der Waals surface area (Å²) in [5.41, 5.74) is 0.455. The number of hydrogen-bond donors (Lipinski definition) is 2. The minimum Gasteiger partial charge on any atom is -0.422 e. The molecule has 0 heterocycles. The van der Waals surface area contributed by atoms with Gasteiger partial charge in [-0.25, -0.2) is 4.79 Å². The molecule has 0 amide bonds. The molecule has 0 radical (unpaired) electrons. The van der Waals surface area contributed by atoms with Crippen LogP contribution in [-0.4, -0.2) is 16.2 Å². The monoisotopic (exact) mass is 278 g/mol. The predicted octanol–water partition coefficient (Wildman–Crippen LogP) is 2.54. The van der Waals surface area contributed by atoms with E-state index in [1.54, 1.807) is 24.3 Å². The molecule has 5 heteroatoms. The summed E-state index contributed by atoms with van der Waals surface area (Å²) in [5, 5.41) is 18.9. The summed E-state index contributed by atoms with van der Waals surface area (Å²) in [6, 6.07) is 12.4. The molecule has 19 heavy (non-hydrogen) atoms. The minimum absolute atomic E-state index is 0.109. The van der Waals surface area contributed by atoms with Gasteiger partial charge in [0.2, 0.25) is 0 Å². The van der Waals surface area contributed by atoms with Crippen molar-refractivity contribution in [3.63, 3.8) is 0 Å². The molecule has 4 nitrogen and oxygen atoms in total. The maximum Gasteiger partial charge on any atom is 0.343 e. The average molecular weight is 279 g/mol. The van der Waals surface area contributed by atoms with E-state index in [2.05, 4.69) is 0 Å². The lowest BCUT2D eigenvalue weighted by atomic mass is 10.2. The summed E-state index contributed by atoms with van der Waals surface area (Å²) in [7, 11) is 0. The Morgan fingerprint density at radius 3 is 2.32 bits per heavy atom. The van der Waals surface area contributed by atoms with Gasteiger partial charge in [0.25, 0.3) is 0 Å². The molecule has 0 spiro atoms. The van der Waals surface area contributed by atoms with Gasteiger partial charge < -0.3 is 14.9 Å². The van der Waals surface area contributed by atoms with Crippen LogP contribution >= 0.6 is 11.6 Å². The second kappa shape index (κ2) is 5.84. The number of benzene rings is 2. The molecule has 2 N–H and O–H groups in total. The Morgan fingerprint density at radius 2 is 1.68 bits per heavy atom. The second-order valence-corrected chi connectivity index (χ2v) is 4.24. The van der Waals surface area contributed by atoms with Crippen LogP contribution in [-0.2, 0) is 0 Å². The Balaban J connectivity index is 2.22. The molecule has 98 valence electrons. The Kier molecular flexibility index (Phi) is 4.16. The molecule has 0 bridgehead atoms. The summed E-state index contributed by atoms with van der Waals surface area (Å²) in [6.45, 7) is 0. The van der Waals surface area contributed by atoms with Crippen LogP contribution < -0.4 is 4.74 Å². The third-order valence-electron chi connectivity index (χ3n) is 2.48. The zero-order valence-corrected chi connectivity index (χ0v) is 10.5. The van der Waals surface area contributed by atoms with E-state index in [0.29, 0.717) is 10.6 Å². The summed E-state index contributed by atoms with van der Waals surface area (Å²) in [6.07, 6.45) is -1.70. The van der Waals surface area contributed by atoms with Gasteiger partial charge in [-0.2, -0.15) is 0 Å². The van der Waals surface area contributed by atoms with Gasteiger partial charge in [0.1, 0.15) is 5.75 Å². The van der Waals surface area contributed by atoms with Gasteiger partial charge in [-0.3, -0.25) is 0 Å². The molecule has 0 aliphatic rings. The first-order valence-electron chi connectivity index (χ1n) is 5.51. The molecule has 2 aromatic carbocycles. The van der Waals surface area contributed by atoms with Gasteiger partial charge in [-0.15, -0.1) is 0 Å². The fourth-order valence-corrected chi connectivity index (χ4v) is 1.66. The van der Waals surface area contributed by atoms with E-state index in [4.69, 9.17) is 16.3 Å². The number of para-hydroxylation sites is 1. The summed E-state index contributed by atoms with van der Waals surface area (Å²) >= 11 is 5.73. The lowest BCUT2D eigenvalue weighted by Crippen LogP contribution is -2.10. The van der Waals surface area contributed by atoms with Crippen LogP contribution in [0.4, 0.5) is 0 Å². The highest BCUT2D eigenvalue weighted by Crippen LogP contribution is 2.24. The van der Waals surface area contributed by atoms with E-state index >= 15 is 0 Å². The minimum atomic E-state index is -1.70. The molecule has 0 unspecified atom stereocenters. The van der Waals surface area contributed by atoms with Crippen molar-refractivity contribution in [1.29, 1.82) is 0 Å². The van der Waals surface area contributed by atoms with Crippen molar-refractivity contribution in [2.45, 2.75) is 6.29 Å². The first-order chi connectivity index (χ1) is 9.08. The first-order valence-corrected chi connectivity index (χ1v) is 5.88. The van der Waals surface area contributed by atoms with Crippen molar-refractivity contribution in [2.75, 3.05) is 0 Å². The Labute approximate surface area is 114 Å². The first kappa shape index (κ1) is 13.5. The molecule has 0 aliphatic heterocycles. The topological polar surface area (TPSA) is 66.8 Å². The van der Waals surface area contributed by atoms with Crippen LogP contribution in [0.3, 0.4) is 0 Å². The molecule has 0 saturated carbocycles. The third-order valence-corrected chi connectivity index (χ3v) is 2.73. The smallest absolute Gasteiger partial charge is 0.343 e. The fraction of sp³-hybridized carbons (Fsp3) is 0.0714. The molecular formula is C14H11ClO4. The van der Waals surface area contributed by atoms with Gasteiger partial charge in [0.15, 0.2) is 6.29 Å². The molecule has 0 saturated heterocycles. The number of carbonyl (C=O) groups excluding carboxylic acids is 1. The highest BCUT2D eigenvalue weighted by atomic mass is 35.5. The molecule has 0 atom stereocenters. The van der Waals surface area contributed by atoms with Crippen LogP contribution in [0.1, 0.15) is 22.2 Å². The molecule has 0 aromatic heterocycles. The lowest BCUT2D eigenvalue weighted by Gasteiger charge is -2.11. The zero-order valence-electron chi connectivity index (χ0n) is 9.79. The van der Waals surface area contributed by atoms with Crippen molar-refractivity contribution in [3.8, 4) is 5.75 Å². The number of esters is 1. The molecule has 2 aromatic rings. The number of rotatable bonds is 3. The van der Waals surface area contributed by atoms with E-state index in [1.165, 1.54) is 24.3 Å². The number of hydrogen-bond acceptors (Lipinski definition) is 4. The summed E-state index contributed by atoms with van der Waals surface area (Å²) in [5.74, 6) is -0.484. The highest BCUT2D eigenvalue weighted by molar-refractivity contribution is 6.30. The van der Waals surface area contributed by atoms with Crippen molar-refractivity contribution >= 4 is 17.6 Å². The van der Waals surface area contributed by atoms with Crippen LogP contribution in [0.15, 0.2) is 48.5 Å². The fourth-order valence-electron chi connectivity index (χ4n) is 1.53. The van der Waals surface area contributed by atoms with Crippen LogP contribution in [0.2, 0.25) is 5.02 Å². The number of carbonyl (C=O) groups is 1. The zero-order chi connectivity index (χ0) is 13.8. The molecule has 0 fully saturated rings. The summed E-state index contributed by atoms with van der Waals surface area (Å²) < 4.78 is 5.13. The molecule has 2 rings (SSSR count). The Morgan fingerprint density at radius 1 is 1.05 bits per heavy atom. The van der Waals surface area contributed by atoms with Crippen LogP contribution in [0.25, 0.3) is 0 Å². The van der Waals surface area contributed by atoms with Crippen molar-refractivity contribution in [1.82, 2.24) is 0 Å². The predicted molar refractivity (Wildman–Crippen MR) is 70.0 cm³/mol. The maximum atomic E-state index is 11.9. The third kappa shape index (κ3) is 3.32. The van der Waals surface area contributed by atoms with Gasteiger partial charge in [0.05, 0.1) is 11.1 Å². The van der Waals surface area contributed by atoms with Crippen LogP contribution in [0.5, 0.6) is 5.75 Å². The van der Waals surface area contributed by atoms with E-state index < -0.39 is 12.3 Å². The lowest BCUT2D eigenvalue weighted by molar-refractivity contribution is -0.0437. The molecule has 0 aliphatic carbocycles. The summed E-state index contributed by atoms with van der Waals surface area (Å²) in [4.78, 5) is 11.9. The van der Waals surface area contributed by atoms with E-state index in [1.807, 2.05) is 0 Å². The van der Waals surface area contributed by atoms with Gasteiger partial charge >= 0.3 is 5.97 Å². The van der Waals surface area contributed by atoms with E-state index in [-0.39, 0.29) is 11.3 Å². The van der Waals surface area contributed by atoms with Crippen molar-refractivity contribution in [3.05, 3.63) is 64.7 Å². The second-order valence-electron chi connectivity index (χ2n) is 3.81. The number of halogens is 1. The number of aliphatic hydroxyl groups is 2.